The summed E-state index contributed by atoms with van der Waals surface area (Å²) in [4.78, 5) is 0. The minimum Gasteiger partial charge on any atom is -0.310 e. The molecule has 0 bridgehead atoms. The van der Waals surface area contributed by atoms with E-state index in [2.05, 4.69) is 40.3 Å². The highest BCUT2D eigenvalue weighted by Gasteiger charge is 2.14. The third kappa shape index (κ3) is 3.64. The van der Waals surface area contributed by atoms with Crippen molar-refractivity contribution < 1.29 is 4.39 Å². The van der Waals surface area contributed by atoms with Crippen LogP contribution in [0.3, 0.4) is 0 Å². The fraction of sp³-hybridized carbons (Fsp3) is 0.250. The van der Waals surface area contributed by atoms with Crippen LogP contribution >= 0.6 is 15.9 Å². The summed E-state index contributed by atoms with van der Waals surface area (Å²) in [7, 11) is 0. The fourth-order valence-electron chi connectivity index (χ4n) is 2.17. The van der Waals surface area contributed by atoms with Gasteiger partial charge in [-0.1, -0.05) is 49.4 Å². The molecule has 0 aliphatic carbocycles. The molecule has 0 aliphatic rings. The SMILES string of the molecule is CCNC(Cc1cccc(F)c1Br)c1ccccc1. The van der Waals surface area contributed by atoms with Crippen LogP contribution in [0.15, 0.2) is 53.0 Å². The Labute approximate surface area is 122 Å². The van der Waals surface area contributed by atoms with Gasteiger partial charge in [0.25, 0.3) is 0 Å². The third-order valence-electron chi connectivity index (χ3n) is 3.11. The highest BCUT2D eigenvalue weighted by molar-refractivity contribution is 9.10. The summed E-state index contributed by atoms with van der Waals surface area (Å²) in [6.45, 7) is 2.96. The van der Waals surface area contributed by atoms with Gasteiger partial charge in [0, 0.05) is 6.04 Å². The summed E-state index contributed by atoms with van der Waals surface area (Å²) >= 11 is 3.33. The lowest BCUT2D eigenvalue weighted by molar-refractivity contribution is 0.545. The Morgan fingerprint density at radius 1 is 1.11 bits per heavy atom. The van der Waals surface area contributed by atoms with Gasteiger partial charge in [-0.3, -0.25) is 0 Å². The molecular formula is C16H17BrFN. The lowest BCUT2D eigenvalue weighted by Gasteiger charge is -2.19. The molecular weight excluding hydrogens is 305 g/mol. The highest BCUT2D eigenvalue weighted by atomic mass is 79.9. The molecule has 19 heavy (non-hydrogen) atoms. The Hall–Kier alpha value is -1.19. The maximum absolute atomic E-state index is 13.6. The molecule has 0 heterocycles. The zero-order chi connectivity index (χ0) is 13.7. The van der Waals surface area contributed by atoms with E-state index in [4.69, 9.17) is 0 Å². The minimum absolute atomic E-state index is 0.198. The summed E-state index contributed by atoms with van der Waals surface area (Å²) < 4.78 is 14.1. The minimum atomic E-state index is -0.208. The van der Waals surface area contributed by atoms with Crippen LogP contribution in [-0.4, -0.2) is 6.54 Å². The second-order valence-electron chi connectivity index (χ2n) is 4.44. The van der Waals surface area contributed by atoms with Crippen molar-refractivity contribution in [1.29, 1.82) is 0 Å². The predicted molar refractivity (Wildman–Crippen MR) is 80.7 cm³/mol. The first-order chi connectivity index (χ1) is 9.22. The van der Waals surface area contributed by atoms with Gasteiger partial charge in [-0.2, -0.15) is 0 Å². The van der Waals surface area contributed by atoms with Crippen LogP contribution in [0.2, 0.25) is 0 Å². The molecule has 0 aliphatic heterocycles. The van der Waals surface area contributed by atoms with Gasteiger partial charge in [0.05, 0.1) is 4.47 Å². The van der Waals surface area contributed by atoms with Gasteiger partial charge < -0.3 is 5.32 Å². The Bertz CT molecular complexity index is 528. The monoisotopic (exact) mass is 321 g/mol. The van der Waals surface area contributed by atoms with E-state index in [9.17, 15) is 4.39 Å². The molecule has 1 nitrogen and oxygen atoms in total. The van der Waals surface area contributed by atoms with Crippen molar-refractivity contribution in [3.8, 4) is 0 Å². The normalized spacial score (nSPS) is 12.4. The lowest BCUT2D eigenvalue weighted by Crippen LogP contribution is -2.23. The molecule has 100 valence electrons. The Balaban J connectivity index is 2.24. The number of hydrogen-bond donors (Lipinski definition) is 1. The summed E-state index contributed by atoms with van der Waals surface area (Å²) in [5.41, 5.74) is 2.20. The third-order valence-corrected chi connectivity index (χ3v) is 4.00. The predicted octanol–water partition coefficient (Wildman–Crippen LogP) is 4.48. The number of benzene rings is 2. The molecule has 2 aromatic rings. The van der Waals surface area contributed by atoms with Crippen molar-refractivity contribution in [3.05, 3.63) is 69.9 Å². The van der Waals surface area contributed by atoms with E-state index in [1.165, 1.54) is 11.6 Å². The molecule has 0 radical (unpaired) electrons. The fourth-order valence-corrected chi connectivity index (χ4v) is 2.59. The standard InChI is InChI=1S/C16H17BrFN/c1-2-19-15(12-7-4-3-5-8-12)11-13-9-6-10-14(18)16(13)17/h3-10,15,19H,2,11H2,1H3. The zero-order valence-electron chi connectivity index (χ0n) is 10.9. The van der Waals surface area contributed by atoms with Crippen LogP contribution in [0, 0.1) is 5.82 Å². The summed E-state index contributed by atoms with van der Waals surface area (Å²) in [6.07, 6.45) is 0.760. The van der Waals surface area contributed by atoms with Crippen molar-refractivity contribution in [2.24, 2.45) is 0 Å². The van der Waals surface area contributed by atoms with E-state index in [1.807, 2.05) is 24.3 Å². The quantitative estimate of drug-likeness (QED) is 0.856. The largest absolute Gasteiger partial charge is 0.310 e. The van der Waals surface area contributed by atoms with E-state index in [1.54, 1.807) is 6.07 Å². The Kier molecular flexibility index (Phi) is 5.11. The van der Waals surface area contributed by atoms with Crippen molar-refractivity contribution in [1.82, 2.24) is 5.32 Å². The zero-order valence-corrected chi connectivity index (χ0v) is 12.5. The maximum Gasteiger partial charge on any atom is 0.137 e. The van der Waals surface area contributed by atoms with Gasteiger partial charge in [-0.15, -0.1) is 0 Å². The van der Waals surface area contributed by atoms with E-state index >= 15 is 0 Å². The molecule has 0 saturated heterocycles. The molecule has 1 N–H and O–H groups in total. The van der Waals surface area contributed by atoms with Gasteiger partial charge in [0.15, 0.2) is 0 Å². The van der Waals surface area contributed by atoms with Crippen LogP contribution < -0.4 is 5.32 Å². The van der Waals surface area contributed by atoms with Crippen molar-refractivity contribution in [2.45, 2.75) is 19.4 Å². The van der Waals surface area contributed by atoms with E-state index in [0.29, 0.717) is 4.47 Å². The van der Waals surface area contributed by atoms with Crippen LogP contribution in [0.4, 0.5) is 4.39 Å². The van der Waals surface area contributed by atoms with Gasteiger partial charge >= 0.3 is 0 Å². The number of halogens is 2. The van der Waals surface area contributed by atoms with Crippen LogP contribution in [-0.2, 0) is 6.42 Å². The molecule has 0 amide bonds. The Morgan fingerprint density at radius 3 is 2.53 bits per heavy atom. The van der Waals surface area contributed by atoms with Crippen molar-refractivity contribution in [3.63, 3.8) is 0 Å². The molecule has 0 aromatic heterocycles. The van der Waals surface area contributed by atoms with E-state index in [-0.39, 0.29) is 11.9 Å². The first-order valence-corrected chi connectivity index (χ1v) is 7.23. The number of rotatable bonds is 5. The van der Waals surface area contributed by atoms with Gasteiger partial charge in [0.2, 0.25) is 0 Å². The average molecular weight is 322 g/mol. The summed E-state index contributed by atoms with van der Waals surface area (Å²) in [6, 6.07) is 15.6. The Morgan fingerprint density at radius 2 is 1.84 bits per heavy atom. The molecule has 3 heteroatoms. The van der Waals surface area contributed by atoms with E-state index < -0.39 is 0 Å². The average Bonchev–Trinajstić information content (AvgIpc) is 2.44. The molecule has 1 unspecified atom stereocenters. The number of likely N-dealkylation sites (N-methyl/N-ethyl adjacent to an activating group) is 1. The molecule has 0 fully saturated rings. The topological polar surface area (TPSA) is 12.0 Å². The number of nitrogens with one attached hydrogen (secondary N) is 1. The first-order valence-electron chi connectivity index (χ1n) is 6.43. The maximum atomic E-state index is 13.6. The molecule has 2 rings (SSSR count). The van der Waals surface area contributed by atoms with Gasteiger partial charge in [-0.05, 0) is 46.1 Å². The molecule has 0 saturated carbocycles. The molecule has 2 aromatic carbocycles. The van der Waals surface area contributed by atoms with Crippen molar-refractivity contribution in [2.75, 3.05) is 6.54 Å². The summed E-state index contributed by atoms with van der Waals surface area (Å²) in [5.74, 6) is -0.208. The molecule has 0 spiro atoms. The van der Waals surface area contributed by atoms with E-state index in [0.717, 1.165) is 18.5 Å². The number of hydrogen-bond acceptors (Lipinski definition) is 1. The smallest absolute Gasteiger partial charge is 0.137 e. The molecule has 1 atom stereocenters. The first kappa shape index (κ1) is 14.2. The lowest BCUT2D eigenvalue weighted by atomic mass is 9.99. The van der Waals surface area contributed by atoms with Crippen LogP contribution in [0.5, 0.6) is 0 Å². The highest BCUT2D eigenvalue weighted by Crippen LogP contribution is 2.26. The van der Waals surface area contributed by atoms with Crippen molar-refractivity contribution >= 4 is 15.9 Å². The van der Waals surface area contributed by atoms with Crippen LogP contribution in [0.1, 0.15) is 24.1 Å². The van der Waals surface area contributed by atoms with Gasteiger partial charge in [-0.25, -0.2) is 4.39 Å². The second kappa shape index (κ2) is 6.83. The summed E-state index contributed by atoms with van der Waals surface area (Å²) in [5, 5.41) is 3.45. The van der Waals surface area contributed by atoms with Crippen LogP contribution in [0.25, 0.3) is 0 Å². The van der Waals surface area contributed by atoms with Gasteiger partial charge in [0.1, 0.15) is 5.82 Å². The second-order valence-corrected chi connectivity index (χ2v) is 5.23.